The highest BCUT2D eigenvalue weighted by Crippen LogP contribution is 2.35. The Morgan fingerprint density at radius 3 is 3.08 bits per heavy atom. The number of nitrogens with zero attached hydrogens (tertiary/aromatic N) is 5. The average molecular weight is 354 g/mol. The van der Waals surface area contributed by atoms with Gasteiger partial charge in [-0.2, -0.15) is 10.4 Å². The molecule has 3 aromatic rings. The van der Waals surface area contributed by atoms with E-state index in [1.54, 1.807) is 6.20 Å². The molecule has 1 saturated heterocycles. The molecule has 0 aromatic carbocycles. The molecule has 3 aromatic heterocycles. The van der Waals surface area contributed by atoms with Crippen molar-refractivity contribution in [3.8, 4) is 17.2 Å². The number of rotatable bonds is 5. The summed E-state index contributed by atoms with van der Waals surface area (Å²) in [5, 5.41) is 14.8. The molecule has 1 aliphatic rings. The van der Waals surface area contributed by atoms with E-state index in [1.807, 2.05) is 46.6 Å². The van der Waals surface area contributed by atoms with Crippen LogP contribution in [0.1, 0.15) is 13.3 Å². The van der Waals surface area contributed by atoms with E-state index >= 15 is 0 Å². The molecular formula is C17H18N6OS. The van der Waals surface area contributed by atoms with Crippen molar-refractivity contribution in [3.05, 3.63) is 36.9 Å². The molecule has 1 N–H and O–H groups in total. The Hall–Kier alpha value is -2.50. The zero-order chi connectivity index (χ0) is 17.4. The molecule has 128 valence electrons. The van der Waals surface area contributed by atoms with Crippen molar-refractivity contribution in [3.63, 3.8) is 0 Å². The predicted octanol–water partition coefficient (Wildman–Crippen LogP) is 2.03. The van der Waals surface area contributed by atoms with Crippen molar-refractivity contribution in [2.24, 2.45) is 0 Å². The fourth-order valence-corrected chi connectivity index (χ4v) is 4.47. The smallest absolute Gasteiger partial charge is 0.137 e. The van der Waals surface area contributed by atoms with Crippen LogP contribution in [0.2, 0.25) is 0 Å². The van der Waals surface area contributed by atoms with Crippen LogP contribution in [0.3, 0.4) is 0 Å². The van der Waals surface area contributed by atoms with Crippen molar-refractivity contribution in [1.82, 2.24) is 24.1 Å². The van der Waals surface area contributed by atoms with Crippen LogP contribution >= 0.6 is 0 Å². The Morgan fingerprint density at radius 1 is 1.48 bits per heavy atom. The average Bonchev–Trinajstić information content (AvgIpc) is 3.23. The third-order valence-electron chi connectivity index (χ3n) is 4.72. The molecule has 1 atom stereocenters. The maximum Gasteiger partial charge on any atom is 0.137 e. The van der Waals surface area contributed by atoms with Crippen LogP contribution in [0.25, 0.3) is 22.2 Å². The van der Waals surface area contributed by atoms with Gasteiger partial charge >= 0.3 is 0 Å². The molecule has 8 heteroatoms. The normalized spacial score (nSPS) is 17.9. The molecule has 1 fully saturated rings. The van der Waals surface area contributed by atoms with Gasteiger partial charge in [0.2, 0.25) is 0 Å². The van der Waals surface area contributed by atoms with Gasteiger partial charge in [0.05, 0.1) is 29.7 Å². The van der Waals surface area contributed by atoms with Gasteiger partial charge in [-0.15, -0.1) is 0 Å². The number of fused-ring (bicyclic) bond motifs is 1. The van der Waals surface area contributed by atoms with E-state index in [-0.39, 0.29) is 0 Å². The number of aromatic amines is 1. The maximum atomic E-state index is 12.0. The summed E-state index contributed by atoms with van der Waals surface area (Å²) < 4.78 is 15.7. The molecule has 7 nitrogen and oxygen atoms in total. The number of H-pyrrole nitrogens is 1. The van der Waals surface area contributed by atoms with E-state index < -0.39 is 16.5 Å². The number of hydrogen-bond acceptors (Lipinski definition) is 4. The third kappa shape index (κ3) is 2.56. The molecule has 4 rings (SSSR count). The van der Waals surface area contributed by atoms with Gasteiger partial charge in [0, 0.05) is 53.9 Å². The summed E-state index contributed by atoms with van der Waals surface area (Å²) in [6.45, 7) is 3.06. The lowest BCUT2D eigenvalue weighted by atomic mass is 9.89. The van der Waals surface area contributed by atoms with Crippen LogP contribution in [0.15, 0.2) is 36.9 Å². The van der Waals surface area contributed by atoms with Gasteiger partial charge in [-0.3, -0.25) is 4.68 Å². The van der Waals surface area contributed by atoms with Crippen molar-refractivity contribution in [2.45, 2.75) is 18.9 Å². The number of hydrogen-bond donors (Lipinski definition) is 1. The first-order valence-electron chi connectivity index (χ1n) is 8.15. The van der Waals surface area contributed by atoms with Crippen LogP contribution in [0, 0.1) is 11.3 Å². The minimum atomic E-state index is -0.981. The highest BCUT2D eigenvalue weighted by molar-refractivity contribution is 7.82. The summed E-state index contributed by atoms with van der Waals surface area (Å²) in [5.74, 6) is 0.593. The molecule has 0 radical (unpaired) electrons. The van der Waals surface area contributed by atoms with Gasteiger partial charge in [-0.25, -0.2) is 13.5 Å². The van der Waals surface area contributed by atoms with E-state index in [1.165, 1.54) is 0 Å². The highest BCUT2D eigenvalue weighted by Gasteiger charge is 2.47. The van der Waals surface area contributed by atoms with Crippen molar-refractivity contribution < 1.29 is 4.21 Å². The quantitative estimate of drug-likeness (QED) is 0.759. The Morgan fingerprint density at radius 2 is 2.32 bits per heavy atom. The largest absolute Gasteiger partial charge is 0.346 e. The van der Waals surface area contributed by atoms with Gasteiger partial charge in [0.25, 0.3) is 0 Å². The molecule has 0 spiro atoms. The zero-order valence-electron chi connectivity index (χ0n) is 13.8. The first-order chi connectivity index (χ1) is 12.2. The fraction of sp³-hybridized carbons (Fsp3) is 0.353. The monoisotopic (exact) mass is 354 g/mol. The van der Waals surface area contributed by atoms with E-state index in [4.69, 9.17) is 0 Å². The first-order valence-corrected chi connectivity index (χ1v) is 9.42. The van der Waals surface area contributed by atoms with Gasteiger partial charge in [-0.05, 0) is 12.1 Å². The summed E-state index contributed by atoms with van der Waals surface area (Å²) >= 11 is 0. The molecule has 0 amide bonds. The molecule has 1 aliphatic heterocycles. The first kappa shape index (κ1) is 16.0. The summed E-state index contributed by atoms with van der Waals surface area (Å²) in [6, 6.07) is 6.19. The summed E-state index contributed by atoms with van der Waals surface area (Å²) in [5.41, 5.74) is 2.45. The van der Waals surface area contributed by atoms with Crippen LogP contribution in [0.5, 0.6) is 0 Å². The number of nitrogens with one attached hydrogen (secondary N) is 1. The van der Waals surface area contributed by atoms with Crippen molar-refractivity contribution in [2.75, 3.05) is 18.8 Å². The Bertz CT molecular complexity index is 978. The van der Waals surface area contributed by atoms with E-state index in [0.717, 1.165) is 22.2 Å². The minimum Gasteiger partial charge on any atom is -0.346 e. The number of aromatic nitrogens is 4. The van der Waals surface area contributed by atoms with Gasteiger partial charge in [0.15, 0.2) is 0 Å². The molecule has 0 saturated carbocycles. The SMILES string of the molecule is CCS(=O)N1CC(CC#N)(n2cc(-c3c[nH]c4ncccc34)cn2)C1. The van der Waals surface area contributed by atoms with Gasteiger partial charge in [0.1, 0.15) is 11.2 Å². The summed E-state index contributed by atoms with van der Waals surface area (Å²) in [6.07, 6.45) is 7.81. The van der Waals surface area contributed by atoms with Gasteiger partial charge < -0.3 is 4.98 Å². The van der Waals surface area contributed by atoms with Crippen LogP contribution < -0.4 is 0 Å². The lowest BCUT2D eigenvalue weighted by molar-refractivity contribution is 0.0765. The van der Waals surface area contributed by atoms with Crippen LogP contribution in [-0.4, -0.2) is 47.1 Å². The predicted molar refractivity (Wildman–Crippen MR) is 95.8 cm³/mol. The Kier molecular flexibility index (Phi) is 3.90. The van der Waals surface area contributed by atoms with Crippen LogP contribution in [-0.2, 0) is 16.5 Å². The minimum absolute atomic E-state index is 0.348. The molecule has 4 heterocycles. The molecule has 0 bridgehead atoms. The molecule has 1 unspecified atom stereocenters. The second-order valence-corrected chi connectivity index (χ2v) is 7.98. The lowest BCUT2D eigenvalue weighted by Gasteiger charge is -2.47. The highest BCUT2D eigenvalue weighted by atomic mass is 32.2. The molecular weight excluding hydrogens is 336 g/mol. The van der Waals surface area contributed by atoms with E-state index in [2.05, 4.69) is 21.1 Å². The topological polar surface area (TPSA) is 90.6 Å². The lowest BCUT2D eigenvalue weighted by Crippen LogP contribution is -2.63. The maximum absolute atomic E-state index is 12.0. The Balaban J connectivity index is 1.66. The Labute approximate surface area is 147 Å². The molecule has 25 heavy (non-hydrogen) atoms. The standard InChI is InChI=1S/C17H18N6OS/c1-2-25(24)22-11-17(12-22,5-6-18)23-10-13(8-21-23)15-9-20-16-14(15)4-3-7-19-16/h3-4,7-10H,2,5,11-12H2,1H3,(H,19,20). The number of nitriles is 1. The molecule has 0 aliphatic carbocycles. The second-order valence-electron chi connectivity index (χ2n) is 6.24. The summed E-state index contributed by atoms with van der Waals surface area (Å²) in [7, 11) is -0.981. The number of pyridine rings is 1. The summed E-state index contributed by atoms with van der Waals surface area (Å²) in [4.78, 5) is 7.48. The zero-order valence-corrected chi connectivity index (χ0v) is 14.7. The van der Waals surface area contributed by atoms with Gasteiger partial charge in [-0.1, -0.05) is 6.92 Å². The van der Waals surface area contributed by atoms with Crippen molar-refractivity contribution >= 4 is 22.0 Å². The second kappa shape index (κ2) is 6.10. The third-order valence-corrected chi connectivity index (χ3v) is 6.04. The van der Waals surface area contributed by atoms with Crippen molar-refractivity contribution in [1.29, 1.82) is 5.26 Å². The fourth-order valence-electron chi connectivity index (χ4n) is 3.34. The van der Waals surface area contributed by atoms with Crippen LogP contribution in [0.4, 0.5) is 0 Å². The van der Waals surface area contributed by atoms with E-state index in [0.29, 0.717) is 25.3 Å². The van der Waals surface area contributed by atoms with E-state index in [9.17, 15) is 9.47 Å².